The van der Waals surface area contributed by atoms with Gasteiger partial charge in [0.25, 0.3) is 0 Å². The Kier molecular flexibility index (Phi) is 2.90. The van der Waals surface area contributed by atoms with E-state index in [4.69, 9.17) is 0 Å². The van der Waals surface area contributed by atoms with Gasteiger partial charge < -0.3 is 4.79 Å². The van der Waals surface area contributed by atoms with E-state index < -0.39 is 11.7 Å². The third-order valence-electron chi connectivity index (χ3n) is 1.86. The third kappa shape index (κ3) is 2.72. The van der Waals surface area contributed by atoms with E-state index in [1.807, 2.05) is 0 Å². The van der Waals surface area contributed by atoms with Gasteiger partial charge in [-0.3, -0.25) is 0 Å². The van der Waals surface area contributed by atoms with Gasteiger partial charge >= 0.3 is 6.18 Å². The fraction of sp³-hybridized carbons (Fsp3) is 0.444. The van der Waals surface area contributed by atoms with E-state index in [0.717, 1.165) is 12.2 Å². The summed E-state index contributed by atoms with van der Waals surface area (Å²) < 4.78 is 36.5. The van der Waals surface area contributed by atoms with E-state index in [0.29, 0.717) is 24.7 Å². The zero-order valence-corrected chi connectivity index (χ0v) is 6.90. The molecule has 0 amide bonds. The molecule has 0 bridgehead atoms. The molecule has 0 fully saturated rings. The van der Waals surface area contributed by atoms with Crippen LogP contribution < -0.4 is 0 Å². The summed E-state index contributed by atoms with van der Waals surface area (Å²) in [4.78, 5) is 10.1. The van der Waals surface area contributed by atoms with Gasteiger partial charge in [0.1, 0.15) is 6.29 Å². The van der Waals surface area contributed by atoms with Crippen LogP contribution in [0, 0.1) is 0 Å². The molecule has 0 N–H and O–H groups in total. The second-order valence-corrected chi connectivity index (χ2v) is 2.87. The van der Waals surface area contributed by atoms with Gasteiger partial charge in [0, 0.05) is 6.42 Å². The summed E-state index contributed by atoms with van der Waals surface area (Å²) in [5.41, 5.74) is -0.0691. The van der Waals surface area contributed by atoms with E-state index >= 15 is 0 Å². The maximum Gasteiger partial charge on any atom is 0.416 e. The third-order valence-corrected chi connectivity index (χ3v) is 1.86. The molecule has 13 heavy (non-hydrogen) atoms. The molecule has 0 radical (unpaired) electrons. The lowest BCUT2D eigenvalue weighted by molar-refractivity contribution is -0.107. The van der Waals surface area contributed by atoms with Crippen LogP contribution >= 0.6 is 0 Å². The number of rotatable bonds is 2. The second-order valence-electron chi connectivity index (χ2n) is 2.87. The minimum Gasteiger partial charge on any atom is -0.303 e. The van der Waals surface area contributed by atoms with Crippen molar-refractivity contribution in [3.8, 4) is 0 Å². The fourth-order valence-corrected chi connectivity index (χ4v) is 1.23. The highest BCUT2D eigenvalue weighted by molar-refractivity contribution is 5.55. The van der Waals surface area contributed by atoms with Gasteiger partial charge in [-0.1, -0.05) is 17.7 Å². The molecule has 0 heterocycles. The van der Waals surface area contributed by atoms with Crippen LogP contribution in [0.4, 0.5) is 13.2 Å². The Balaban J connectivity index is 2.78. The van der Waals surface area contributed by atoms with Crippen LogP contribution in [0.1, 0.15) is 19.3 Å². The van der Waals surface area contributed by atoms with Crippen LogP contribution in [-0.2, 0) is 4.79 Å². The van der Waals surface area contributed by atoms with E-state index in [2.05, 4.69) is 0 Å². The molecule has 0 spiro atoms. The first-order valence-corrected chi connectivity index (χ1v) is 3.94. The van der Waals surface area contributed by atoms with Crippen molar-refractivity contribution in [1.82, 2.24) is 0 Å². The highest BCUT2D eigenvalue weighted by Gasteiger charge is 2.32. The highest BCUT2D eigenvalue weighted by atomic mass is 19.4. The summed E-state index contributed by atoms with van der Waals surface area (Å²) in [6, 6.07) is 0. The number of allylic oxidation sites excluding steroid dienone is 4. The molecule has 1 rings (SSSR count). The molecule has 0 aromatic rings. The standard InChI is InChI=1S/C9H9F3O/c10-9(11,12)8-3-1-2-7(6-8)4-5-13/h3,5-6H,1-2,4H2. The summed E-state index contributed by atoms with van der Waals surface area (Å²) in [5, 5.41) is 0. The molecule has 1 aliphatic carbocycles. The molecule has 0 aromatic carbocycles. The number of alkyl halides is 3. The van der Waals surface area contributed by atoms with E-state index in [-0.39, 0.29) is 6.42 Å². The predicted octanol–water partition coefficient (Wildman–Crippen LogP) is 2.78. The zero-order chi connectivity index (χ0) is 9.90. The van der Waals surface area contributed by atoms with Crippen molar-refractivity contribution in [2.24, 2.45) is 0 Å². The number of hydrogen-bond donors (Lipinski definition) is 0. The molecule has 1 aliphatic rings. The molecular weight excluding hydrogens is 181 g/mol. The summed E-state index contributed by atoms with van der Waals surface area (Å²) in [5.74, 6) is 0. The summed E-state index contributed by atoms with van der Waals surface area (Å²) in [7, 11) is 0. The summed E-state index contributed by atoms with van der Waals surface area (Å²) in [6.45, 7) is 0. The Labute approximate surface area is 73.9 Å². The van der Waals surface area contributed by atoms with Crippen LogP contribution in [-0.4, -0.2) is 12.5 Å². The topological polar surface area (TPSA) is 17.1 Å². The fourth-order valence-electron chi connectivity index (χ4n) is 1.23. The predicted molar refractivity (Wildman–Crippen MR) is 42.1 cm³/mol. The number of hydrogen-bond acceptors (Lipinski definition) is 1. The van der Waals surface area contributed by atoms with Crippen LogP contribution in [0.3, 0.4) is 0 Å². The average Bonchev–Trinajstić information content (AvgIpc) is 2.04. The minimum absolute atomic E-state index is 0.105. The van der Waals surface area contributed by atoms with Crippen molar-refractivity contribution in [2.75, 3.05) is 0 Å². The lowest BCUT2D eigenvalue weighted by Gasteiger charge is -2.14. The van der Waals surface area contributed by atoms with Gasteiger partial charge in [-0.2, -0.15) is 13.2 Å². The largest absolute Gasteiger partial charge is 0.416 e. The normalized spacial score (nSPS) is 17.8. The summed E-state index contributed by atoms with van der Waals surface area (Å²) in [6.07, 6.45) is -0.397. The first kappa shape index (κ1) is 10.0. The van der Waals surface area contributed by atoms with Crippen molar-refractivity contribution >= 4 is 6.29 Å². The first-order valence-electron chi connectivity index (χ1n) is 3.94. The highest BCUT2D eigenvalue weighted by Crippen LogP contribution is 2.32. The Morgan fingerprint density at radius 1 is 1.46 bits per heavy atom. The molecular formula is C9H9F3O. The number of carbonyl (C=O) groups excluding carboxylic acids is 1. The SMILES string of the molecule is O=CCC1=CC(C(F)(F)F)=CCC1. The van der Waals surface area contributed by atoms with Gasteiger partial charge in [0.15, 0.2) is 0 Å². The number of aldehydes is 1. The molecule has 72 valence electrons. The minimum atomic E-state index is -4.28. The van der Waals surface area contributed by atoms with Crippen LogP contribution in [0.25, 0.3) is 0 Å². The molecule has 0 aliphatic heterocycles. The Morgan fingerprint density at radius 2 is 2.15 bits per heavy atom. The molecule has 0 saturated carbocycles. The van der Waals surface area contributed by atoms with Gasteiger partial charge in [-0.25, -0.2) is 0 Å². The molecule has 0 aromatic heterocycles. The number of carbonyl (C=O) groups is 1. The average molecular weight is 190 g/mol. The lowest BCUT2D eigenvalue weighted by Crippen LogP contribution is -2.12. The van der Waals surface area contributed by atoms with Crippen molar-refractivity contribution in [2.45, 2.75) is 25.4 Å². The molecule has 0 saturated heterocycles. The van der Waals surface area contributed by atoms with Crippen LogP contribution in [0.5, 0.6) is 0 Å². The zero-order valence-electron chi connectivity index (χ0n) is 6.90. The van der Waals surface area contributed by atoms with Gasteiger partial charge in [-0.15, -0.1) is 0 Å². The van der Waals surface area contributed by atoms with Crippen molar-refractivity contribution in [3.63, 3.8) is 0 Å². The maximum atomic E-state index is 12.2. The first-order chi connectivity index (χ1) is 6.04. The monoisotopic (exact) mass is 190 g/mol. The van der Waals surface area contributed by atoms with Gasteiger partial charge in [-0.05, 0) is 12.8 Å². The van der Waals surface area contributed by atoms with Crippen LogP contribution in [0.15, 0.2) is 23.3 Å². The summed E-state index contributed by atoms with van der Waals surface area (Å²) >= 11 is 0. The van der Waals surface area contributed by atoms with Crippen molar-refractivity contribution in [1.29, 1.82) is 0 Å². The molecule has 0 unspecified atom stereocenters. The number of halogens is 3. The van der Waals surface area contributed by atoms with Crippen molar-refractivity contribution < 1.29 is 18.0 Å². The quantitative estimate of drug-likeness (QED) is 0.612. The van der Waals surface area contributed by atoms with E-state index in [1.165, 1.54) is 0 Å². The maximum absolute atomic E-state index is 12.2. The Morgan fingerprint density at radius 3 is 2.69 bits per heavy atom. The smallest absolute Gasteiger partial charge is 0.303 e. The molecule has 0 atom stereocenters. The lowest BCUT2D eigenvalue weighted by atomic mass is 9.97. The Hall–Kier alpha value is -1.06. The van der Waals surface area contributed by atoms with Gasteiger partial charge in [0.2, 0.25) is 0 Å². The van der Waals surface area contributed by atoms with Crippen LogP contribution in [0.2, 0.25) is 0 Å². The van der Waals surface area contributed by atoms with E-state index in [1.54, 1.807) is 0 Å². The van der Waals surface area contributed by atoms with Crippen molar-refractivity contribution in [3.05, 3.63) is 23.3 Å². The molecule has 1 nitrogen and oxygen atoms in total. The Bertz CT molecular complexity index is 261. The molecule has 4 heteroatoms. The van der Waals surface area contributed by atoms with E-state index in [9.17, 15) is 18.0 Å². The second kappa shape index (κ2) is 3.77. The van der Waals surface area contributed by atoms with Gasteiger partial charge in [0.05, 0.1) is 5.57 Å².